The van der Waals surface area contributed by atoms with Crippen LogP contribution >= 0.6 is 0 Å². The molecule has 1 saturated heterocycles. The number of aromatic nitrogens is 1. The molecule has 0 radical (unpaired) electrons. The molecule has 0 spiro atoms. The maximum atomic E-state index is 12.2. The van der Waals surface area contributed by atoms with Crippen LogP contribution < -0.4 is 5.32 Å². The average molecular weight is 307 g/mol. The molecule has 1 aromatic heterocycles. The smallest absolute Gasteiger partial charge is 0.267 e. The van der Waals surface area contributed by atoms with Gasteiger partial charge in [-0.05, 0) is 26.3 Å². The number of ether oxygens (including phenoxy) is 1. The SMILES string of the molecule is CCC(C)(CNC(=O)c1cc(C(C)=O)c[nH]1)N1CCOCC1. The summed E-state index contributed by atoms with van der Waals surface area (Å²) in [6.07, 6.45) is 2.51. The van der Waals surface area contributed by atoms with Crippen molar-refractivity contribution in [3.8, 4) is 0 Å². The monoisotopic (exact) mass is 307 g/mol. The summed E-state index contributed by atoms with van der Waals surface area (Å²) in [7, 11) is 0. The Morgan fingerprint density at radius 2 is 2.09 bits per heavy atom. The number of carbonyl (C=O) groups excluding carboxylic acids is 2. The van der Waals surface area contributed by atoms with Gasteiger partial charge in [0.05, 0.1) is 13.2 Å². The Bertz CT molecular complexity index is 534. The molecule has 1 amide bonds. The zero-order valence-corrected chi connectivity index (χ0v) is 13.6. The highest BCUT2D eigenvalue weighted by Crippen LogP contribution is 2.20. The van der Waals surface area contributed by atoms with Gasteiger partial charge in [-0.15, -0.1) is 0 Å². The van der Waals surface area contributed by atoms with E-state index in [9.17, 15) is 9.59 Å². The Hall–Kier alpha value is -1.66. The molecule has 0 bridgehead atoms. The van der Waals surface area contributed by atoms with Crippen molar-refractivity contribution in [2.45, 2.75) is 32.7 Å². The van der Waals surface area contributed by atoms with Crippen LogP contribution in [0.1, 0.15) is 48.0 Å². The van der Waals surface area contributed by atoms with Gasteiger partial charge in [0.2, 0.25) is 0 Å². The third kappa shape index (κ3) is 3.75. The first-order valence-electron chi connectivity index (χ1n) is 7.76. The maximum absolute atomic E-state index is 12.2. The third-order valence-corrected chi connectivity index (χ3v) is 4.50. The number of hydrogen-bond acceptors (Lipinski definition) is 4. The minimum Gasteiger partial charge on any atom is -0.379 e. The van der Waals surface area contributed by atoms with E-state index in [0.717, 1.165) is 32.7 Å². The van der Waals surface area contributed by atoms with Crippen molar-refractivity contribution in [2.75, 3.05) is 32.8 Å². The van der Waals surface area contributed by atoms with Gasteiger partial charge < -0.3 is 15.0 Å². The molecular formula is C16H25N3O3. The molecule has 22 heavy (non-hydrogen) atoms. The highest BCUT2D eigenvalue weighted by molar-refractivity contribution is 5.99. The van der Waals surface area contributed by atoms with Crippen molar-refractivity contribution in [1.29, 1.82) is 0 Å². The van der Waals surface area contributed by atoms with E-state index in [1.807, 2.05) is 0 Å². The van der Waals surface area contributed by atoms with Gasteiger partial charge >= 0.3 is 0 Å². The number of ketones is 1. The largest absolute Gasteiger partial charge is 0.379 e. The Labute approximate surface area is 131 Å². The second-order valence-corrected chi connectivity index (χ2v) is 5.99. The summed E-state index contributed by atoms with van der Waals surface area (Å²) in [5, 5.41) is 2.98. The lowest BCUT2D eigenvalue weighted by Crippen LogP contribution is -2.56. The second-order valence-electron chi connectivity index (χ2n) is 5.99. The van der Waals surface area contributed by atoms with Crippen molar-refractivity contribution >= 4 is 11.7 Å². The van der Waals surface area contributed by atoms with Crippen molar-refractivity contribution in [3.05, 3.63) is 23.5 Å². The fourth-order valence-electron chi connectivity index (χ4n) is 2.66. The third-order valence-electron chi connectivity index (χ3n) is 4.50. The van der Waals surface area contributed by atoms with E-state index < -0.39 is 0 Å². The minimum atomic E-state index is -0.180. The van der Waals surface area contributed by atoms with E-state index in [4.69, 9.17) is 4.74 Å². The molecule has 1 aromatic rings. The summed E-state index contributed by atoms with van der Waals surface area (Å²) in [6, 6.07) is 1.59. The Morgan fingerprint density at radius 3 is 2.64 bits per heavy atom. The van der Waals surface area contributed by atoms with Crippen molar-refractivity contribution < 1.29 is 14.3 Å². The number of aromatic amines is 1. The normalized spacial score (nSPS) is 18.7. The summed E-state index contributed by atoms with van der Waals surface area (Å²) in [6.45, 7) is 9.59. The molecule has 6 heteroatoms. The van der Waals surface area contributed by atoms with Gasteiger partial charge in [-0.3, -0.25) is 14.5 Å². The average Bonchev–Trinajstić information content (AvgIpc) is 3.03. The van der Waals surface area contributed by atoms with Gasteiger partial charge in [0.25, 0.3) is 5.91 Å². The van der Waals surface area contributed by atoms with Gasteiger partial charge in [-0.1, -0.05) is 6.92 Å². The second kappa shape index (κ2) is 7.07. The summed E-state index contributed by atoms with van der Waals surface area (Å²) >= 11 is 0. The van der Waals surface area contributed by atoms with Gasteiger partial charge in [-0.2, -0.15) is 0 Å². The number of rotatable bonds is 6. The van der Waals surface area contributed by atoms with Crippen LogP contribution in [0.3, 0.4) is 0 Å². The lowest BCUT2D eigenvalue weighted by molar-refractivity contribution is -0.0169. The summed E-state index contributed by atoms with van der Waals surface area (Å²) in [5.74, 6) is -0.234. The molecule has 1 fully saturated rings. The summed E-state index contributed by atoms with van der Waals surface area (Å²) < 4.78 is 5.39. The lowest BCUT2D eigenvalue weighted by Gasteiger charge is -2.43. The zero-order valence-electron chi connectivity index (χ0n) is 13.6. The van der Waals surface area contributed by atoms with Gasteiger partial charge in [0.1, 0.15) is 5.69 Å². The number of carbonyl (C=O) groups is 2. The first kappa shape index (κ1) is 16.7. The van der Waals surface area contributed by atoms with E-state index in [1.54, 1.807) is 12.3 Å². The molecule has 0 aromatic carbocycles. The van der Waals surface area contributed by atoms with Gasteiger partial charge in [0, 0.05) is 36.9 Å². The summed E-state index contributed by atoms with van der Waals surface area (Å²) in [4.78, 5) is 28.7. The fourth-order valence-corrected chi connectivity index (χ4v) is 2.66. The molecule has 6 nitrogen and oxygen atoms in total. The van der Waals surface area contributed by atoms with E-state index in [-0.39, 0.29) is 17.2 Å². The molecule has 2 heterocycles. The quantitative estimate of drug-likeness (QED) is 0.780. The molecule has 1 atom stereocenters. The zero-order chi connectivity index (χ0) is 16.2. The number of nitrogens with one attached hydrogen (secondary N) is 2. The van der Waals surface area contributed by atoms with Crippen molar-refractivity contribution in [2.24, 2.45) is 0 Å². The number of amides is 1. The van der Waals surface area contributed by atoms with Crippen LogP contribution in [0, 0.1) is 0 Å². The molecule has 2 rings (SSSR count). The van der Waals surface area contributed by atoms with Crippen LogP contribution in [0.25, 0.3) is 0 Å². The number of Topliss-reactive ketones (excluding diaryl/α,β-unsaturated/α-hetero) is 1. The molecule has 0 aliphatic carbocycles. The van der Waals surface area contributed by atoms with Crippen LogP contribution in [0.4, 0.5) is 0 Å². The van der Waals surface area contributed by atoms with Crippen molar-refractivity contribution in [3.63, 3.8) is 0 Å². The van der Waals surface area contributed by atoms with E-state index in [1.165, 1.54) is 6.92 Å². The molecule has 1 aliphatic heterocycles. The van der Waals surface area contributed by atoms with Gasteiger partial charge in [-0.25, -0.2) is 0 Å². The fraction of sp³-hybridized carbons (Fsp3) is 0.625. The van der Waals surface area contributed by atoms with E-state index in [0.29, 0.717) is 17.8 Å². The Morgan fingerprint density at radius 1 is 1.41 bits per heavy atom. The van der Waals surface area contributed by atoms with Crippen molar-refractivity contribution in [1.82, 2.24) is 15.2 Å². The minimum absolute atomic E-state index is 0.0537. The predicted octanol–water partition coefficient (Wildman–Crippen LogP) is 1.45. The predicted molar refractivity (Wildman–Crippen MR) is 84.2 cm³/mol. The van der Waals surface area contributed by atoms with E-state index >= 15 is 0 Å². The maximum Gasteiger partial charge on any atom is 0.267 e. The van der Waals surface area contributed by atoms with Gasteiger partial charge in [0.15, 0.2) is 5.78 Å². The first-order chi connectivity index (χ1) is 10.5. The molecule has 2 N–H and O–H groups in total. The Kier molecular flexibility index (Phi) is 5.37. The number of hydrogen-bond donors (Lipinski definition) is 2. The lowest BCUT2D eigenvalue weighted by atomic mass is 9.95. The highest BCUT2D eigenvalue weighted by atomic mass is 16.5. The Balaban J connectivity index is 1.96. The standard InChI is InChI=1S/C16H25N3O3/c1-4-16(3,19-5-7-22-8-6-19)11-18-15(21)14-9-13(10-17-14)12(2)20/h9-10,17H,4-8,11H2,1-3H3,(H,18,21). The molecule has 1 aliphatic rings. The summed E-state index contributed by atoms with van der Waals surface area (Å²) in [5.41, 5.74) is 0.859. The van der Waals surface area contributed by atoms with Crippen LogP contribution in [-0.2, 0) is 4.74 Å². The number of morpholine rings is 1. The molecule has 122 valence electrons. The van der Waals surface area contributed by atoms with Crippen LogP contribution in [0.15, 0.2) is 12.3 Å². The topological polar surface area (TPSA) is 74.4 Å². The van der Waals surface area contributed by atoms with Crippen LogP contribution in [0.5, 0.6) is 0 Å². The van der Waals surface area contributed by atoms with Crippen LogP contribution in [-0.4, -0.2) is 60.0 Å². The number of nitrogens with zero attached hydrogens (tertiary/aromatic N) is 1. The molecular weight excluding hydrogens is 282 g/mol. The van der Waals surface area contributed by atoms with E-state index in [2.05, 4.69) is 29.0 Å². The first-order valence-corrected chi connectivity index (χ1v) is 7.76. The molecule has 0 saturated carbocycles. The molecule has 1 unspecified atom stereocenters. The highest BCUT2D eigenvalue weighted by Gasteiger charge is 2.31. The number of H-pyrrole nitrogens is 1. The van der Waals surface area contributed by atoms with Crippen LogP contribution in [0.2, 0.25) is 0 Å².